The minimum Gasteiger partial charge on any atom is -0.453 e. The van der Waals surface area contributed by atoms with Crippen molar-refractivity contribution in [1.29, 1.82) is 0 Å². The van der Waals surface area contributed by atoms with Gasteiger partial charge in [0.25, 0.3) is 0 Å². The van der Waals surface area contributed by atoms with Crippen LogP contribution in [0.15, 0.2) is 47.4 Å². The van der Waals surface area contributed by atoms with Gasteiger partial charge in [0.05, 0.1) is 4.90 Å². The molecule has 6 nitrogen and oxygen atoms in total. The van der Waals surface area contributed by atoms with Gasteiger partial charge in [-0.25, -0.2) is 8.42 Å². The Kier molecular flexibility index (Phi) is 6.19. The molecular formula is C22H25NO5S. The molecule has 0 N–H and O–H groups in total. The minimum absolute atomic E-state index is 0.0978. The van der Waals surface area contributed by atoms with Crippen LogP contribution < -0.4 is 0 Å². The Labute approximate surface area is 171 Å². The Hall–Kier alpha value is -2.51. The Morgan fingerprint density at radius 2 is 1.72 bits per heavy atom. The number of aryl methyl sites for hydroxylation is 3. The van der Waals surface area contributed by atoms with E-state index < -0.39 is 28.6 Å². The zero-order valence-corrected chi connectivity index (χ0v) is 17.7. The molecule has 1 atom stereocenters. The Morgan fingerprint density at radius 1 is 1.07 bits per heavy atom. The van der Waals surface area contributed by atoms with Crippen molar-refractivity contribution in [3.63, 3.8) is 0 Å². The number of ketones is 1. The number of carbonyl (C=O) groups is 2. The molecule has 0 amide bonds. The lowest BCUT2D eigenvalue weighted by Crippen LogP contribution is -2.35. The lowest BCUT2D eigenvalue weighted by Gasteiger charge is -2.18. The fourth-order valence-electron chi connectivity index (χ4n) is 3.40. The Balaban J connectivity index is 1.62. The average Bonchev–Trinajstić information content (AvgIpc) is 3.15. The summed E-state index contributed by atoms with van der Waals surface area (Å²) in [5, 5.41) is 0. The van der Waals surface area contributed by atoms with Gasteiger partial charge in [-0.15, -0.1) is 0 Å². The summed E-state index contributed by atoms with van der Waals surface area (Å²) in [6, 6.07) is 11.9. The highest BCUT2D eigenvalue weighted by Crippen LogP contribution is 2.23. The molecule has 0 saturated heterocycles. The number of likely N-dealkylation sites (N-methyl/N-ethyl adjacent to an activating group) is 1. The molecule has 7 heteroatoms. The van der Waals surface area contributed by atoms with Gasteiger partial charge in [0, 0.05) is 12.6 Å². The van der Waals surface area contributed by atoms with E-state index in [0.29, 0.717) is 5.56 Å². The van der Waals surface area contributed by atoms with Crippen molar-refractivity contribution in [3.8, 4) is 0 Å². The van der Waals surface area contributed by atoms with Gasteiger partial charge in [-0.2, -0.15) is 4.31 Å². The molecule has 29 heavy (non-hydrogen) atoms. The topological polar surface area (TPSA) is 80.8 Å². The number of rotatable bonds is 7. The van der Waals surface area contributed by atoms with Gasteiger partial charge in [0.2, 0.25) is 15.8 Å². The number of hydrogen-bond donors (Lipinski definition) is 0. The number of sulfonamides is 1. The summed E-state index contributed by atoms with van der Waals surface area (Å²) in [6.07, 6.45) is 2.07. The van der Waals surface area contributed by atoms with Crippen molar-refractivity contribution in [3.05, 3.63) is 64.7 Å². The molecule has 0 aromatic heterocycles. The number of benzene rings is 2. The summed E-state index contributed by atoms with van der Waals surface area (Å²) in [7, 11) is -2.51. The zero-order valence-electron chi connectivity index (χ0n) is 16.8. The standard InChI is InChI=1S/C22H25NO5S/c1-15-7-11-20(12-8-15)29(26,27)23(3)14-21(24)28-16(2)22(25)19-10-9-17-5-4-6-18(17)13-19/h7-13,16H,4-6,14H2,1-3H3. The van der Waals surface area contributed by atoms with E-state index in [1.807, 2.05) is 19.1 Å². The molecular weight excluding hydrogens is 390 g/mol. The van der Waals surface area contributed by atoms with E-state index in [1.165, 1.54) is 37.2 Å². The van der Waals surface area contributed by atoms with Crippen LogP contribution in [0.2, 0.25) is 0 Å². The van der Waals surface area contributed by atoms with E-state index in [-0.39, 0.29) is 10.7 Å². The van der Waals surface area contributed by atoms with Crippen LogP contribution in [0.3, 0.4) is 0 Å². The van der Waals surface area contributed by atoms with E-state index in [0.717, 1.165) is 29.1 Å². The fraction of sp³-hybridized carbons (Fsp3) is 0.364. The molecule has 0 saturated carbocycles. The van der Waals surface area contributed by atoms with Crippen LogP contribution in [0.4, 0.5) is 0 Å². The maximum atomic E-state index is 12.6. The second kappa shape index (κ2) is 8.47. The van der Waals surface area contributed by atoms with Crippen molar-refractivity contribution in [2.75, 3.05) is 13.6 Å². The lowest BCUT2D eigenvalue weighted by atomic mass is 10.0. The van der Waals surface area contributed by atoms with Crippen molar-refractivity contribution in [1.82, 2.24) is 4.31 Å². The summed E-state index contributed by atoms with van der Waals surface area (Å²) in [4.78, 5) is 24.9. The molecule has 0 fully saturated rings. The molecule has 0 spiro atoms. The van der Waals surface area contributed by atoms with Gasteiger partial charge >= 0.3 is 5.97 Å². The second-order valence-electron chi connectivity index (χ2n) is 7.41. The van der Waals surface area contributed by atoms with Gasteiger partial charge in [0.15, 0.2) is 6.10 Å². The molecule has 0 radical (unpaired) electrons. The highest BCUT2D eigenvalue weighted by atomic mass is 32.2. The van der Waals surface area contributed by atoms with Gasteiger partial charge < -0.3 is 4.74 Å². The summed E-state index contributed by atoms with van der Waals surface area (Å²) in [5.41, 5.74) is 3.86. The first-order valence-corrected chi connectivity index (χ1v) is 11.0. The third-order valence-corrected chi connectivity index (χ3v) is 6.96. The summed E-state index contributed by atoms with van der Waals surface area (Å²) >= 11 is 0. The third kappa shape index (κ3) is 4.74. The first-order valence-electron chi connectivity index (χ1n) is 9.57. The van der Waals surface area contributed by atoms with Crippen LogP contribution in [-0.4, -0.2) is 44.2 Å². The van der Waals surface area contributed by atoms with Gasteiger partial charge in [-0.3, -0.25) is 9.59 Å². The predicted octanol–water partition coefficient (Wildman–Crippen LogP) is 2.92. The molecule has 1 aliphatic carbocycles. The third-order valence-electron chi connectivity index (χ3n) is 5.14. The molecule has 0 bridgehead atoms. The number of esters is 1. The maximum Gasteiger partial charge on any atom is 0.322 e. The smallest absolute Gasteiger partial charge is 0.322 e. The first-order chi connectivity index (χ1) is 13.7. The molecule has 1 unspecified atom stereocenters. The normalized spacial score (nSPS) is 14.5. The highest BCUT2D eigenvalue weighted by molar-refractivity contribution is 7.89. The number of nitrogens with zero attached hydrogens (tertiary/aromatic N) is 1. The monoisotopic (exact) mass is 415 g/mol. The SMILES string of the molecule is Cc1ccc(S(=O)(=O)N(C)CC(=O)OC(C)C(=O)c2ccc3c(c2)CCC3)cc1. The average molecular weight is 416 g/mol. The van der Waals surface area contributed by atoms with Crippen LogP contribution in [-0.2, 0) is 32.4 Å². The van der Waals surface area contributed by atoms with Crippen LogP contribution in [0, 0.1) is 6.92 Å². The molecule has 3 rings (SSSR count). The first kappa shape index (κ1) is 21.2. The van der Waals surface area contributed by atoms with E-state index in [4.69, 9.17) is 4.74 Å². The summed E-state index contributed by atoms with van der Waals surface area (Å²) < 4.78 is 31.3. The summed E-state index contributed by atoms with van der Waals surface area (Å²) in [6.45, 7) is 2.89. The maximum absolute atomic E-state index is 12.6. The van der Waals surface area contributed by atoms with Crippen LogP contribution in [0.1, 0.15) is 40.4 Å². The van der Waals surface area contributed by atoms with Crippen molar-refractivity contribution in [2.24, 2.45) is 0 Å². The van der Waals surface area contributed by atoms with Gasteiger partial charge in [0.1, 0.15) is 6.54 Å². The van der Waals surface area contributed by atoms with Crippen LogP contribution in [0.5, 0.6) is 0 Å². The quantitative estimate of drug-likeness (QED) is 0.513. The van der Waals surface area contributed by atoms with Crippen LogP contribution >= 0.6 is 0 Å². The Bertz CT molecular complexity index is 1030. The predicted molar refractivity (Wildman–Crippen MR) is 109 cm³/mol. The van der Waals surface area contributed by atoms with E-state index in [2.05, 4.69) is 0 Å². The minimum atomic E-state index is -3.82. The molecule has 2 aromatic carbocycles. The number of carbonyl (C=O) groups excluding carboxylic acids is 2. The highest BCUT2D eigenvalue weighted by Gasteiger charge is 2.26. The number of hydrogen-bond acceptors (Lipinski definition) is 5. The number of ether oxygens (including phenoxy) is 1. The molecule has 2 aromatic rings. The van der Waals surface area contributed by atoms with E-state index >= 15 is 0 Å². The second-order valence-corrected chi connectivity index (χ2v) is 9.45. The number of Topliss-reactive ketones (excluding diaryl/α,β-unsaturated/α-hetero) is 1. The largest absolute Gasteiger partial charge is 0.453 e. The molecule has 1 aliphatic rings. The summed E-state index contributed by atoms with van der Waals surface area (Å²) in [5.74, 6) is -1.07. The van der Waals surface area contributed by atoms with Gasteiger partial charge in [-0.05, 0) is 62.4 Å². The molecule has 0 heterocycles. The lowest BCUT2D eigenvalue weighted by molar-refractivity contribution is -0.146. The molecule has 154 valence electrons. The van der Waals surface area contributed by atoms with Crippen LogP contribution in [0.25, 0.3) is 0 Å². The van der Waals surface area contributed by atoms with Crippen molar-refractivity contribution < 1.29 is 22.7 Å². The van der Waals surface area contributed by atoms with E-state index in [1.54, 1.807) is 18.2 Å². The number of fused-ring (bicyclic) bond motifs is 1. The Morgan fingerprint density at radius 3 is 2.41 bits per heavy atom. The fourth-order valence-corrected chi connectivity index (χ4v) is 4.52. The van der Waals surface area contributed by atoms with E-state index in [9.17, 15) is 18.0 Å². The van der Waals surface area contributed by atoms with Gasteiger partial charge in [-0.1, -0.05) is 29.8 Å². The van der Waals surface area contributed by atoms with Crippen molar-refractivity contribution in [2.45, 2.75) is 44.1 Å². The molecule has 0 aliphatic heterocycles. The van der Waals surface area contributed by atoms with Crippen molar-refractivity contribution >= 4 is 21.8 Å². The zero-order chi connectivity index (χ0) is 21.2.